The number of carbonyl (C=O) groups is 1. The van der Waals surface area contributed by atoms with Gasteiger partial charge in [0.15, 0.2) is 5.82 Å². The summed E-state index contributed by atoms with van der Waals surface area (Å²) < 4.78 is 6.78. The van der Waals surface area contributed by atoms with E-state index < -0.39 is 0 Å². The molecule has 0 saturated carbocycles. The molecular weight excluding hydrogens is 272 g/mol. The van der Waals surface area contributed by atoms with Crippen LogP contribution in [-0.4, -0.2) is 45.4 Å². The molecule has 2 atom stereocenters. The maximum absolute atomic E-state index is 12.2. The summed E-state index contributed by atoms with van der Waals surface area (Å²) in [5, 5.41) is 14.2. The lowest BCUT2D eigenvalue weighted by molar-refractivity contribution is -0.120. The smallest absolute Gasteiger partial charge is 0.231 e. The highest BCUT2D eigenvalue weighted by atomic mass is 16.5. The van der Waals surface area contributed by atoms with Gasteiger partial charge in [-0.1, -0.05) is 12.1 Å². The lowest BCUT2D eigenvalue weighted by atomic mass is 10.0. The van der Waals surface area contributed by atoms with Crippen LogP contribution < -0.4 is 11.1 Å². The van der Waals surface area contributed by atoms with E-state index in [1.807, 2.05) is 24.3 Å². The summed E-state index contributed by atoms with van der Waals surface area (Å²) in [6, 6.07) is 7.10. The third-order valence-corrected chi connectivity index (χ3v) is 3.47. The summed E-state index contributed by atoms with van der Waals surface area (Å²) in [6.07, 6.45) is 0. The molecule has 1 amide bonds. The molecule has 1 fully saturated rings. The summed E-state index contributed by atoms with van der Waals surface area (Å²) in [4.78, 5) is 12.2. The van der Waals surface area contributed by atoms with E-state index in [0.717, 1.165) is 5.56 Å². The van der Waals surface area contributed by atoms with Crippen LogP contribution in [0.2, 0.25) is 0 Å². The summed E-state index contributed by atoms with van der Waals surface area (Å²) >= 11 is 0. The summed E-state index contributed by atoms with van der Waals surface area (Å²) in [6.45, 7) is 0.780. The summed E-state index contributed by atoms with van der Waals surface area (Å²) in [5.41, 5.74) is 7.35. The van der Waals surface area contributed by atoms with E-state index in [2.05, 4.69) is 20.8 Å². The van der Waals surface area contributed by atoms with E-state index in [9.17, 15) is 4.79 Å². The zero-order valence-corrected chi connectivity index (χ0v) is 11.6. The highest BCUT2D eigenvalue weighted by Crippen LogP contribution is 2.21. The number of tetrazole rings is 1. The van der Waals surface area contributed by atoms with E-state index in [1.54, 1.807) is 11.7 Å². The largest absolute Gasteiger partial charge is 0.379 e. The number of carbonyl (C=O) groups excluding carboxylic acids is 1. The number of aromatic nitrogens is 4. The molecule has 8 nitrogen and oxygen atoms in total. The first-order chi connectivity index (χ1) is 10.1. The molecule has 2 unspecified atom stereocenters. The van der Waals surface area contributed by atoms with Crippen molar-refractivity contribution in [3.05, 3.63) is 24.3 Å². The van der Waals surface area contributed by atoms with E-state index in [0.29, 0.717) is 24.7 Å². The number of hydrogen-bond donors (Lipinski definition) is 2. The molecule has 1 aromatic heterocycles. The molecule has 1 aliphatic heterocycles. The number of aryl methyl sites for hydroxylation is 1. The number of nitrogens with two attached hydrogens (primary N) is 1. The van der Waals surface area contributed by atoms with E-state index >= 15 is 0 Å². The maximum Gasteiger partial charge on any atom is 0.231 e. The normalized spacial score (nSPS) is 21.4. The van der Waals surface area contributed by atoms with E-state index in [4.69, 9.17) is 10.5 Å². The van der Waals surface area contributed by atoms with Crippen molar-refractivity contribution in [3.63, 3.8) is 0 Å². The van der Waals surface area contributed by atoms with Gasteiger partial charge in [-0.3, -0.25) is 4.79 Å². The number of nitrogens with zero attached hydrogens (tertiary/aromatic N) is 4. The van der Waals surface area contributed by atoms with Crippen LogP contribution in [0.3, 0.4) is 0 Å². The first kappa shape index (κ1) is 13.7. The minimum absolute atomic E-state index is 0.131. The second-order valence-electron chi connectivity index (χ2n) is 5.00. The van der Waals surface area contributed by atoms with Crippen molar-refractivity contribution >= 4 is 11.6 Å². The molecule has 0 radical (unpaired) electrons. The molecule has 3 N–H and O–H groups in total. The number of rotatable bonds is 3. The van der Waals surface area contributed by atoms with Crippen LogP contribution in [0.15, 0.2) is 24.3 Å². The molecule has 2 aromatic rings. The molecule has 0 spiro atoms. The fraction of sp³-hybridized carbons (Fsp3) is 0.385. The Morgan fingerprint density at radius 1 is 1.48 bits per heavy atom. The average molecular weight is 288 g/mol. The van der Waals surface area contributed by atoms with Crippen LogP contribution in [0.1, 0.15) is 0 Å². The molecule has 0 aliphatic carbocycles. The van der Waals surface area contributed by atoms with Crippen molar-refractivity contribution in [3.8, 4) is 11.4 Å². The van der Waals surface area contributed by atoms with Gasteiger partial charge in [-0.25, -0.2) is 4.68 Å². The Balaban J connectivity index is 1.77. The number of anilines is 1. The van der Waals surface area contributed by atoms with Crippen LogP contribution in [0, 0.1) is 5.92 Å². The van der Waals surface area contributed by atoms with Gasteiger partial charge in [-0.15, -0.1) is 5.10 Å². The molecular formula is C13H16N6O2. The van der Waals surface area contributed by atoms with E-state index in [1.165, 1.54) is 0 Å². The van der Waals surface area contributed by atoms with Gasteiger partial charge in [0, 0.05) is 24.3 Å². The highest BCUT2D eigenvalue weighted by Gasteiger charge is 2.31. The number of ether oxygens (including phenoxy) is 1. The zero-order valence-electron chi connectivity index (χ0n) is 11.6. The van der Waals surface area contributed by atoms with Gasteiger partial charge in [0.1, 0.15) is 0 Å². The SMILES string of the molecule is Cn1nnnc1-c1cccc(NC(=O)C2COCC2N)c1. The molecule has 1 saturated heterocycles. The minimum Gasteiger partial charge on any atom is -0.379 e. The lowest BCUT2D eigenvalue weighted by Gasteiger charge is -2.13. The van der Waals surface area contributed by atoms with Gasteiger partial charge in [-0.2, -0.15) is 0 Å². The number of amides is 1. The molecule has 3 rings (SSSR count). The van der Waals surface area contributed by atoms with Crippen LogP contribution in [0.4, 0.5) is 5.69 Å². The molecule has 8 heteroatoms. The van der Waals surface area contributed by atoms with Crippen molar-refractivity contribution in [1.82, 2.24) is 20.2 Å². The quantitative estimate of drug-likeness (QED) is 0.809. The molecule has 1 aromatic carbocycles. The van der Waals surface area contributed by atoms with Gasteiger partial charge in [-0.05, 0) is 22.6 Å². The lowest BCUT2D eigenvalue weighted by Crippen LogP contribution is -2.37. The number of nitrogens with one attached hydrogen (secondary N) is 1. The van der Waals surface area contributed by atoms with Crippen LogP contribution in [0.25, 0.3) is 11.4 Å². The molecule has 2 heterocycles. The second-order valence-corrected chi connectivity index (χ2v) is 5.00. The Hall–Kier alpha value is -2.32. The van der Waals surface area contributed by atoms with Gasteiger partial charge in [0.25, 0.3) is 0 Å². The van der Waals surface area contributed by atoms with Gasteiger partial charge < -0.3 is 15.8 Å². The topological polar surface area (TPSA) is 108 Å². The van der Waals surface area contributed by atoms with E-state index in [-0.39, 0.29) is 17.9 Å². The first-order valence-corrected chi connectivity index (χ1v) is 6.62. The fourth-order valence-corrected chi connectivity index (χ4v) is 2.29. The van der Waals surface area contributed by atoms with Crippen LogP contribution in [-0.2, 0) is 16.6 Å². The molecule has 0 bridgehead atoms. The zero-order chi connectivity index (χ0) is 14.8. The standard InChI is InChI=1S/C13H16N6O2/c1-19-12(16-17-18-19)8-3-2-4-9(5-8)15-13(20)10-6-21-7-11(10)14/h2-5,10-11H,6-7,14H2,1H3,(H,15,20). The Bertz CT molecular complexity index is 656. The van der Waals surface area contributed by atoms with Gasteiger partial charge in [0.05, 0.1) is 19.1 Å². The van der Waals surface area contributed by atoms with Crippen molar-refractivity contribution < 1.29 is 9.53 Å². The maximum atomic E-state index is 12.2. The predicted octanol–water partition coefficient (Wildman–Crippen LogP) is -0.211. The van der Waals surface area contributed by atoms with Crippen LogP contribution in [0.5, 0.6) is 0 Å². The number of hydrogen-bond acceptors (Lipinski definition) is 6. The van der Waals surface area contributed by atoms with Crippen molar-refractivity contribution in [2.45, 2.75) is 6.04 Å². The Morgan fingerprint density at radius 3 is 3.00 bits per heavy atom. The van der Waals surface area contributed by atoms with Crippen molar-refractivity contribution in [2.24, 2.45) is 18.7 Å². The van der Waals surface area contributed by atoms with Gasteiger partial charge >= 0.3 is 0 Å². The van der Waals surface area contributed by atoms with Crippen molar-refractivity contribution in [2.75, 3.05) is 18.5 Å². The molecule has 110 valence electrons. The third-order valence-electron chi connectivity index (χ3n) is 3.47. The second kappa shape index (κ2) is 5.58. The van der Waals surface area contributed by atoms with Crippen LogP contribution >= 0.6 is 0 Å². The first-order valence-electron chi connectivity index (χ1n) is 6.62. The monoisotopic (exact) mass is 288 g/mol. The molecule has 1 aliphatic rings. The Morgan fingerprint density at radius 2 is 2.33 bits per heavy atom. The fourth-order valence-electron chi connectivity index (χ4n) is 2.29. The van der Waals surface area contributed by atoms with Crippen molar-refractivity contribution in [1.29, 1.82) is 0 Å². The Kier molecular flexibility index (Phi) is 3.63. The minimum atomic E-state index is -0.315. The summed E-state index contributed by atoms with van der Waals surface area (Å²) in [7, 11) is 1.76. The predicted molar refractivity (Wildman–Crippen MR) is 75.1 cm³/mol. The third kappa shape index (κ3) is 2.76. The average Bonchev–Trinajstić information content (AvgIpc) is 3.07. The number of benzene rings is 1. The Labute approximate surface area is 121 Å². The molecule has 21 heavy (non-hydrogen) atoms. The highest BCUT2D eigenvalue weighted by molar-refractivity contribution is 5.93. The van der Waals surface area contributed by atoms with Gasteiger partial charge in [0.2, 0.25) is 5.91 Å². The summed E-state index contributed by atoms with van der Waals surface area (Å²) in [5.74, 6) is 0.186.